The van der Waals surface area contributed by atoms with Crippen molar-refractivity contribution in [2.24, 2.45) is 0 Å². The van der Waals surface area contributed by atoms with E-state index in [9.17, 15) is 9.59 Å². The number of amides is 1. The van der Waals surface area contributed by atoms with Gasteiger partial charge in [0.1, 0.15) is 5.69 Å². The lowest BCUT2D eigenvalue weighted by Gasteiger charge is -2.26. The third-order valence-electron chi connectivity index (χ3n) is 4.44. The molecule has 1 aromatic heterocycles. The fraction of sp³-hybridized carbons (Fsp3) is 0.350. The van der Waals surface area contributed by atoms with Crippen LogP contribution in [0.25, 0.3) is 0 Å². The van der Waals surface area contributed by atoms with Crippen molar-refractivity contribution in [1.82, 2.24) is 9.88 Å². The summed E-state index contributed by atoms with van der Waals surface area (Å²) in [4.78, 5) is 30.8. The minimum atomic E-state index is -0.510. The number of anilines is 2. The van der Waals surface area contributed by atoms with E-state index in [4.69, 9.17) is 9.47 Å². The molecule has 8 nitrogen and oxygen atoms in total. The van der Waals surface area contributed by atoms with Gasteiger partial charge >= 0.3 is 5.97 Å². The number of methoxy groups -OCH3 is 1. The SMILES string of the molecule is COC(=O)c1ccccc1NC(=O)c1ccc(NCCN2CCOCC2)cn1. The molecule has 1 amide bonds. The van der Waals surface area contributed by atoms with Crippen molar-refractivity contribution in [3.05, 3.63) is 53.9 Å². The molecule has 0 radical (unpaired) electrons. The molecular formula is C20H24N4O4. The van der Waals surface area contributed by atoms with Crippen LogP contribution in [-0.4, -0.2) is 68.3 Å². The molecule has 2 N–H and O–H groups in total. The van der Waals surface area contributed by atoms with Gasteiger partial charge in [-0.3, -0.25) is 9.69 Å². The molecule has 148 valence electrons. The maximum absolute atomic E-state index is 12.4. The lowest BCUT2D eigenvalue weighted by Crippen LogP contribution is -2.39. The largest absolute Gasteiger partial charge is 0.465 e. The number of hydrogen-bond acceptors (Lipinski definition) is 7. The van der Waals surface area contributed by atoms with E-state index in [-0.39, 0.29) is 5.69 Å². The molecule has 2 heterocycles. The summed E-state index contributed by atoms with van der Waals surface area (Å²) >= 11 is 0. The molecule has 0 spiro atoms. The van der Waals surface area contributed by atoms with Crippen LogP contribution in [0, 0.1) is 0 Å². The number of para-hydroxylation sites is 1. The molecule has 1 aliphatic rings. The Hall–Kier alpha value is -2.97. The van der Waals surface area contributed by atoms with Crippen molar-refractivity contribution < 1.29 is 19.1 Å². The number of morpholine rings is 1. The predicted octanol–water partition coefficient (Wildman–Crippen LogP) is 1.86. The summed E-state index contributed by atoms with van der Waals surface area (Å²) in [6.07, 6.45) is 1.63. The predicted molar refractivity (Wildman–Crippen MR) is 106 cm³/mol. The zero-order chi connectivity index (χ0) is 19.8. The van der Waals surface area contributed by atoms with Crippen LogP contribution in [0.15, 0.2) is 42.6 Å². The number of nitrogens with zero attached hydrogens (tertiary/aromatic N) is 2. The molecule has 1 fully saturated rings. The molecule has 0 saturated carbocycles. The zero-order valence-corrected chi connectivity index (χ0v) is 15.8. The van der Waals surface area contributed by atoms with Crippen molar-refractivity contribution in [2.45, 2.75) is 0 Å². The van der Waals surface area contributed by atoms with Gasteiger partial charge < -0.3 is 20.1 Å². The maximum atomic E-state index is 12.4. The average Bonchev–Trinajstić information content (AvgIpc) is 2.75. The van der Waals surface area contributed by atoms with Gasteiger partial charge in [0.2, 0.25) is 0 Å². The van der Waals surface area contributed by atoms with E-state index in [1.165, 1.54) is 7.11 Å². The molecule has 1 aliphatic heterocycles. The summed E-state index contributed by atoms with van der Waals surface area (Å²) in [6, 6.07) is 10.1. The maximum Gasteiger partial charge on any atom is 0.339 e. The second-order valence-corrected chi connectivity index (χ2v) is 6.30. The van der Waals surface area contributed by atoms with E-state index in [2.05, 4.69) is 20.5 Å². The van der Waals surface area contributed by atoms with E-state index >= 15 is 0 Å². The van der Waals surface area contributed by atoms with Crippen LogP contribution < -0.4 is 10.6 Å². The fourth-order valence-corrected chi connectivity index (χ4v) is 2.88. The van der Waals surface area contributed by atoms with Crippen LogP contribution in [0.5, 0.6) is 0 Å². The average molecular weight is 384 g/mol. The fourth-order valence-electron chi connectivity index (χ4n) is 2.88. The van der Waals surface area contributed by atoms with Crippen LogP contribution in [-0.2, 0) is 9.47 Å². The van der Waals surface area contributed by atoms with Crippen LogP contribution in [0.2, 0.25) is 0 Å². The third-order valence-corrected chi connectivity index (χ3v) is 4.44. The van der Waals surface area contributed by atoms with E-state index in [0.717, 1.165) is 45.1 Å². The number of hydrogen-bond donors (Lipinski definition) is 2. The van der Waals surface area contributed by atoms with Crippen LogP contribution >= 0.6 is 0 Å². The van der Waals surface area contributed by atoms with Gasteiger partial charge in [-0.1, -0.05) is 12.1 Å². The van der Waals surface area contributed by atoms with Gasteiger partial charge in [0.25, 0.3) is 5.91 Å². The highest BCUT2D eigenvalue weighted by atomic mass is 16.5. The first-order valence-corrected chi connectivity index (χ1v) is 9.16. The van der Waals surface area contributed by atoms with Gasteiger partial charge in [0, 0.05) is 26.2 Å². The molecule has 3 rings (SSSR count). The molecule has 8 heteroatoms. The summed E-state index contributed by atoms with van der Waals surface area (Å²) in [7, 11) is 1.30. The van der Waals surface area contributed by atoms with Crippen molar-refractivity contribution in [3.8, 4) is 0 Å². The van der Waals surface area contributed by atoms with E-state index in [1.807, 2.05) is 6.07 Å². The highest BCUT2D eigenvalue weighted by Crippen LogP contribution is 2.17. The Bertz CT molecular complexity index is 804. The molecule has 1 saturated heterocycles. The first-order valence-electron chi connectivity index (χ1n) is 9.16. The summed E-state index contributed by atoms with van der Waals surface area (Å²) in [5.41, 5.74) is 1.78. The molecule has 1 aromatic carbocycles. The van der Waals surface area contributed by atoms with Crippen LogP contribution in [0.1, 0.15) is 20.8 Å². The zero-order valence-electron chi connectivity index (χ0n) is 15.8. The quantitative estimate of drug-likeness (QED) is 0.704. The molecule has 0 atom stereocenters. The summed E-state index contributed by atoms with van der Waals surface area (Å²) in [5.74, 6) is -0.903. The minimum Gasteiger partial charge on any atom is -0.465 e. The number of carbonyl (C=O) groups excluding carboxylic acids is 2. The normalized spacial score (nSPS) is 14.3. The van der Waals surface area contributed by atoms with Crippen molar-refractivity contribution in [2.75, 3.05) is 57.1 Å². The van der Waals surface area contributed by atoms with E-state index in [1.54, 1.807) is 36.5 Å². The topological polar surface area (TPSA) is 92.8 Å². The summed E-state index contributed by atoms with van der Waals surface area (Å²) in [5, 5.41) is 6.01. The Labute approximate surface area is 163 Å². The lowest BCUT2D eigenvalue weighted by atomic mass is 10.1. The number of benzene rings is 1. The minimum absolute atomic E-state index is 0.262. The number of pyridine rings is 1. The number of nitrogens with one attached hydrogen (secondary N) is 2. The van der Waals surface area contributed by atoms with Crippen LogP contribution in [0.3, 0.4) is 0 Å². The van der Waals surface area contributed by atoms with Crippen LogP contribution in [0.4, 0.5) is 11.4 Å². The smallest absolute Gasteiger partial charge is 0.339 e. The Kier molecular flexibility index (Phi) is 6.94. The van der Waals surface area contributed by atoms with Crippen molar-refractivity contribution in [1.29, 1.82) is 0 Å². The Morgan fingerprint density at radius 3 is 2.68 bits per heavy atom. The molecule has 0 aliphatic carbocycles. The van der Waals surface area contributed by atoms with Gasteiger partial charge in [-0.25, -0.2) is 9.78 Å². The van der Waals surface area contributed by atoms with Gasteiger partial charge in [-0.05, 0) is 24.3 Å². The molecule has 0 bridgehead atoms. The van der Waals surface area contributed by atoms with Gasteiger partial charge in [-0.15, -0.1) is 0 Å². The number of carbonyl (C=O) groups is 2. The lowest BCUT2D eigenvalue weighted by molar-refractivity contribution is 0.0398. The molecular weight excluding hydrogens is 360 g/mol. The second kappa shape index (κ2) is 9.82. The molecule has 2 aromatic rings. The van der Waals surface area contributed by atoms with Crippen molar-refractivity contribution in [3.63, 3.8) is 0 Å². The highest BCUT2D eigenvalue weighted by Gasteiger charge is 2.15. The molecule has 0 unspecified atom stereocenters. The summed E-state index contributed by atoms with van der Waals surface area (Å²) < 4.78 is 10.1. The first-order chi connectivity index (χ1) is 13.7. The Balaban J connectivity index is 1.54. The standard InChI is InChI=1S/C20H24N4O4/c1-27-20(26)16-4-2-3-5-17(16)23-19(25)18-7-6-15(14-22-18)21-8-9-24-10-12-28-13-11-24/h2-7,14,21H,8-13H2,1H3,(H,23,25). The highest BCUT2D eigenvalue weighted by molar-refractivity contribution is 6.07. The van der Waals surface area contributed by atoms with Crippen molar-refractivity contribution >= 4 is 23.3 Å². The van der Waals surface area contributed by atoms with Gasteiger partial charge in [0.05, 0.1) is 43.5 Å². The Morgan fingerprint density at radius 2 is 1.96 bits per heavy atom. The van der Waals surface area contributed by atoms with Gasteiger partial charge in [-0.2, -0.15) is 0 Å². The van der Waals surface area contributed by atoms with Gasteiger partial charge in [0.15, 0.2) is 0 Å². The third kappa shape index (κ3) is 5.28. The second-order valence-electron chi connectivity index (χ2n) is 6.30. The van der Waals surface area contributed by atoms with E-state index in [0.29, 0.717) is 11.3 Å². The first kappa shape index (κ1) is 19.8. The van der Waals surface area contributed by atoms with E-state index < -0.39 is 11.9 Å². The number of ether oxygens (including phenoxy) is 2. The number of esters is 1. The monoisotopic (exact) mass is 384 g/mol. The number of aromatic nitrogens is 1. The summed E-state index contributed by atoms with van der Waals surface area (Å²) in [6.45, 7) is 5.18. The number of rotatable bonds is 7. The molecule has 28 heavy (non-hydrogen) atoms. The Morgan fingerprint density at radius 1 is 1.18 bits per heavy atom.